The van der Waals surface area contributed by atoms with Crippen LogP contribution >= 0.6 is 0 Å². The third-order valence-corrected chi connectivity index (χ3v) is 24.7. The van der Waals surface area contributed by atoms with E-state index in [1.807, 2.05) is 45.9 Å². The largest absolute Gasteiger partial charge is 0.465 e. The first-order chi connectivity index (χ1) is 31.9. The molecule has 0 aromatic heterocycles. The molecular formula is C58H96O8Si2. The third kappa shape index (κ3) is 16.4. The molecule has 0 saturated carbocycles. The van der Waals surface area contributed by atoms with E-state index in [4.69, 9.17) is 27.8 Å². The van der Waals surface area contributed by atoms with Gasteiger partial charge in [0.25, 0.3) is 0 Å². The van der Waals surface area contributed by atoms with Crippen LogP contribution in [0.5, 0.6) is 0 Å². The Morgan fingerprint density at radius 3 is 1.56 bits per heavy atom. The van der Waals surface area contributed by atoms with Gasteiger partial charge in [-0.3, -0.25) is 4.79 Å². The molecule has 10 heteroatoms. The molecule has 0 spiro atoms. The molecule has 1 unspecified atom stereocenters. The van der Waals surface area contributed by atoms with Gasteiger partial charge in [0.2, 0.25) is 0 Å². The lowest BCUT2D eigenvalue weighted by molar-refractivity contribution is -0.153. The molecule has 8 nitrogen and oxygen atoms in total. The van der Waals surface area contributed by atoms with Gasteiger partial charge in [0, 0.05) is 26.6 Å². The van der Waals surface area contributed by atoms with Crippen molar-refractivity contribution in [1.82, 2.24) is 0 Å². The van der Waals surface area contributed by atoms with E-state index >= 15 is 0 Å². The van der Waals surface area contributed by atoms with Crippen LogP contribution in [0.3, 0.4) is 0 Å². The number of esters is 1. The third-order valence-electron chi connectivity index (χ3n) is 15.5. The molecular weight excluding hydrogens is 881 g/mol. The Balaban J connectivity index is 1.80. The predicted molar refractivity (Wildman–Crippen MR) is 287 cm³/mol. The van der Waals surface area contributed by atoms with E-state index in [0.29, 0.717) is 32.5 Å². The zero-order valence-electron chi connectivity index (χ0n) is 45.8. The summed E-state index contributed by atoms with van der Waals surface area (Å²) < 4.78 is 40.1. The minimum absolute atomic E-state index is 0.0102. The summed E-state index contributed by atoms with van der Waals surface area (Å²) in [5.41, 5.74) is 0.727. The quantitative estimate of drug-likeness (QED) is 0.0401. The molecule has 0 amide bonds. The molecule has 0 saturated heterocycles. The van der Waals surface area contributed by atoms with Crippen molar-refractivity contribution in [3.63, 3.8) is 0 Å². The highest BCUT2D eigenvalue weighted by Crippen LogP contribution is 2.43. The van der Waals surface area contributed by atoms with Gasteiger partial charge in [0.1, 0.15) is 5.60 Å². The van der Waals surface area contributed by atoms with E-state index in [9.17, 15) is 9.90 Å². The number of ether oxygens (including phenoxy) is 4. The topological polar surface area (TPSA) is 92.7 Å². The van der Waals surface area contributed by atoms with E-state index in [-0.39, 0.29) is 53.2 Å². The van der Waals surface area contributed by atoms with Crippen LogP contribution < -0.4 is 0 Å². The maximum atomic E-state index is 12.9. The van der Waals surface area contributed by atoms with E-state index in [0.717, 1.165) is 54.1 Å². The Labute approximate surface area is 417 Å². The highest BCUT2D eigenvalue weighted by molar-refractivity contribution is 6.74. The lowest BCUT2D eigenvalue weighted by Crippen LogP contribution is -2.51. The highest BCUT2D eigenvalue weighted by atomic mass is 28.4. The molecule has 0 fully saturated rings. The van der Waals surface area contributed by atoms with Crippen LogP contribution in [0.25, 0.3) is 0 Å². The Bertz CT molecular complexity index is 1750. The molecule has 0 radical (unpaired) electrons. The van der Waals surface area contributed by atoms with Gasteiger partial charge in [0.15, 0.2) is 16.6 Å². The minimum Gasteiger partial charge on any atom is -0.465 e. The van der Waals surface area contributed by atoms with Gasteiger partial charge < -0.3 is 32.9 Å². The number of carbonyl (C=O) groups excluding carboxylic acids is 1. The van der Waals surface area contributed by atoms with Crippen molar-refractivity contribution < 1.29 is 37.7 Å². The number of methoxy groups -OCH3 is 2. The van der Waals surface area contributed by atoms with Gasteiger partial charge in [-0.05, 0) is 125 Å². The molecule has 0 bridgehead atoms. The van der Waals surface area contributed by atoms with Crippen LogP contribution in [0, 0.1) is 23.2 Å². The van der Waals surface area contributed by atoms with Crippen LogP contribution in [-0.2, 0) is 38.2 Å². The standard InChI is InChI=1S/C58H96O8Si2/c1-18-68(19-2,20-3)65-51(39-41-63-54(59)55(7,8)9)46(6)53(66-67(16,17)56(10,11)12)45(5)36-37-52(62-15)57(13,60)40-38-44(4)42-50(61-14)43-64-58(47-30-24-21-25-31-47,48-32-26-22-27-33-48)49-34-28-23-29-35-49/h21-35,44-46,50-53,60H,18-20,36-43H2,1-17H3/t44-,45-,46-,50-,51-,52+,53-,57?/m1/s1. The molecule has 3 aromatic rings. The molecule has 0 aliphatic rings. The zero-order chi connectivity index (χ0) is 51.0. The summed E-state index contributed by atoms with van der Waals surface area (Å²) in [7, 11) is -0.786. The van der Waals surface area contributed by atoms with Crippen LogP contribution in [-0.4, -0.2) is 85.2 Å². The zero-order valence-corrected chi connectivity index (χ0v) is 47.8. The fraction of sp³-hybridized carbons (Fsp3) is 0.672. The average Bonchev–Trinajstić information content (AvgIpc) is 3.31. The second-order valence-electron chi connectivity index (χ2n) is 22.7. The second kappa shape index (κ2) is 26.7. The fourth-order valence-electron chi connectivity index (χ4n) is 9.45. The van der Waals surface area contributed by atoms with Crippen molar-refractivity contribution in [2.45, 2.75) is 200 Å². The SMILES string of the molecule is CC[Si](CC)(CC)O[C@H](CCOC(=O)C(C)(C)C)[C@@H](C)[C@H](O[Si](C)(C)C(C)(C)C)[C@H](C)CC[C@H](OC)C(C)(O)CC[C@@H](C)C[C@H](COC(c1ccccc1)(c1ccccc1)c1ccccc1)OC. The molecule has 8 atom stereocenters. The van der Waals surface area contributed by atoms with Crippen molar-refractivity contribution >= 4 is 22.6 Å². The van der Waals surface area contributed by atoms with Crippen molar-refractivity contribution in [1.29, 1.82) is 0 Å². The second-order valence-corrected chi connectivity index (χ2v) is 32.2. The maximum absolute atomic E-state index is 12.9. The molecule has 3 aromatic carbocycles. The Morgan fingerprint density at radius 2 is 1.15 bits per heavy atom. The normalized spacial score (nSPS) is 17.1. The van der Waals surface area contributed by atoms with Crippen molar-refractivity contribution in [3.8, 4) is 0 Å². The summed E-state index contributed by atoms with van der Waals surface area (Å²) in [4.78, 5) is 12.9. The van der Waals surface area contributed by atoms with Gasteiger partial charge in [-0.2, -0.15) is 0 Å². The molecule has 384 valence electrons. The van der Waals surface area contributed by atoms with Crippen molar-refractivity contribution in [2.24, 2.45) is 23.2 Å². The monoisotopic (exact) mass is 977 g/mol. The fourth-order valence-corrected chi connectivity index (χ4v) is 13.9. The summed E-state index contributed by atoms with van der Waals surface area (Å²) in [6, 6.07) is 34.5. The summed E-state index contributed by atoms with van der Waals surface area (Å²) in [5, 5.41) is 12.2. The lowest BCUT2D eigenvalue weighted by Gasteiger charge is -2.46. The Kier molecular flexibility index (Phi) is 23.4. The van der Waals surface area contributed by atoms with Crippen molar-refractivity contribution in [3.05, 3.63) is 108 Å². The van der Waals surface area contributed by atoms with Crippen LogP contribution in [0.1, 0.15) is 145 Å². The van der Waals surface area contributed by atoms with Crippen LogP contribution in [0.4, 0.5) is 0 Å². The van der Waals surface area contributed by atoms with E-state index in [1.165, 1.54) is 0 Å². The van der Waals surface area contributed by atoms with Gasteiger partial charge in [-0.15, -0.1) is 0 Å². The average molecular weight is 978 g/mol. The first kappa shape index (κ1) is 59.6. The van der Waals surface area contributed by atoms with Gasteiger partial charge in [-0.1, -0.05) is 153 Å². The minimum atomic E-state index is -2.24. The van der Waals surface area contributed by atoms with Crippen LogP contribution in [0.2, 0.25) is 36.3 Å². The number of benzene rings is 3. The Hall–Kier alpha value is -2.68. The number of hydrogen-bond acceptors (Lipinski definition) is 8. The predicted octanol–water partition coefficient (Wildman–Crippen LogP) is 14.4. The maximum Gasteiger partial charge on any atom is 0.311 e. The summed E-state index contributed by atoms with van der Waals surface area (Å²) in [6.07, 6.45) is 3.53. The number of carbonyl (C=O) groups is 1. The molecule has 1 N–H and O–H groups in total. The smallest absolute Gasteiger partial charge is 0.311 e. The van der Waals surface area contributed by atoms with E-state index in [1.54, 1.807) is 14.2 Å². The van der Waals surface area contributed by atoms with E-state index in [2.05, 4.69) is 148 Å². The molecule has 0 heterocycles. The molecule has 0 aliphatic carbocycles. The number of aliphatic hydroxyl groups is 1. The molecule has 0 aliphatic heterocycles. The summed E-state index contributed by atoms with van der Waals surface area (Å²) in [6.45, 7) is 33.5. The first-order valence-corrected chi connectivity index (χ1v) is 31.4. The van der Waals surface area contributed by atoms with Gasteiger partial charge in [0.05, 0.1) is 48.6 Å². The highest BCUT2D eigenvalue weighted by Gasteiger charge is 2.45. The van der Waals surface area contributed by atoms with Gasteiger partial charge in [-0.25, -0.2) is 0 Å². The first-order valence-electron chi connectivity index (χ1n) is 26.0. The molecule has 68 heavy (non-hydrogen) atoms. The Morgan fingerprint density at radius 1 is 0.662 bits per heavy atom. The van der Waals surface area contributed by atoms with Crippen molar-refractivity contribution in [2.75, 3.05) is 27.4 Å². The van der Waals surface area contributed by atoms with Gasteiger partial charge >= 0.3 is 5.97 Å². The summed E-state index contributed by atoms with van der Waals surface area (Å²) >= 11 is 0. The van der Waals surface area contributed by atoms with E-state index < -0.39 is 33.3 Å². The van der Waals surface area contributed by atoms with Crippen LogP contribution in [0.15, 0.2) is 91.0 Å². The number of rotatable bonds is 30. The number of hydrogen-bond donors (Lipinski definition) is 1. The lowest BCUT2D eigenvalue weighted by atomic mass is 9.80. The molecule has 3 rings (SSSR count). The summed E-state index contributed by atoms with van der Waals surface area (Å²) in [5.74, 6) is 0.248.